The molecule has 28 heavy (non-hydrogen) atoms. The van der Waals surface area contributed by atoms with Gasteiger partial charge in [0.25, 0.3) is 0 Å². The average molecular weight is 418 g/mol. The summed E-state index contributed by atoms with van der Waals surface area (Å²) in [5.74, 6) is 0. The Labute approximate surface area is 175 Å². The lowest BCUT2D eigenvalue weighted by Gasteiger charge is -2.42. The second-order valence-corrected chi connectivity index (χ2v) is 20.2. The molecule has 0 aliphatic rings. The Hall–Kier alpha value is -1.36. The summed E-state index contributed by atoms with van der Waals surface area (Å²) < 4.78 is 12.9. The molecule has 0 N–H and O–H groups in total. The molecule has 1 rings (SSSR count). The first-order valence-corrected chi connectivity index (χ1v) is 15.9. The maximum Gasteiger partial charge on any atom is 0.249 e. The lowest BCUT2D eigenvalue weighted by molar-refractivity contribution is 0.156. The summed E-state index contributed by atoms with van der Waals surface area (Å²) >= 11 is 0. The van der Waals surface area contributed by atoms with Crippen LogP contribution in [0.25, 0.3) is 0 Å². The summed E-state index contributed by atoms with van der Waals surface area (Å²) in [5, 5.41) is 10.3. The van der Waals surface area contributed by atoms with E-state index in [0.29, 0.717) is 6.42 Å². The first kappa shape index (κ1) is 24.7. The Bertz CT molecular complexity index is 707. The molecule has 0 radical (unpaired) electrons. The van der Waals surface area contributed by atoms with Crippen molar-refractivity contribution in [2.24, 2.45) is 0 Å². The molecule has 0 saturated carbocycles. The quantitative estimate of drug-likeness (QED) is 0.352. The molecule has 0 heterocycles. The van der Waals surface area contributed by atoms with Crippen LogP contribution in [0.5, 0.6) is 0 Å². The molecule has 3 nitrogen and oxygen atoms in total. The van der Waals surface area contributed by atoms with Crippen LogP contribution in [-0.4, -0.2) is 22.2 Å². The van der Waals surface area contributed by atoms with Crippen LogP contribution in [0.1, 0.15) is 47.1 Å². The second kappa shape index (κ2) is 8.56. The SMILES string of the molecule is CC(C)(C)[Si](C)(C)O/C=C/C(C#N)(Cc1ccccc1)O[Si](C)(C)C(C)(C)C. The lowest BCUT2D eigenvalue weighted by Crippen LogP contribution is -2.49. The van der Waals surface area contributed by atoms with Crippen molar-refractivity contribution in [1.29, 1.82) is 5.26 Å². The van der Waals surface area contributed by atoms with Gasteiger partial charge in [0.05, 0.1) is 6.26 Å². The van der Waals surface area contributed by atoms with Crippen LogP contribution < -0.4 is 0 Å². The highest BCUT2D eigenvalue weighted by Crippen LogP contribution is 2.41. The molecule has 0 saturated heterocycles. The van der Waals surface area contributed by atoms with Crippen LogP contribution in [0.4, 0.5) is 0 Å². The van der Waals surface area contributed by atoms with Crippen molar-refractivity contribution in [3.8, 4) is 6.07 Å². The molecule has 1 atom stereocenters. The van der Waals surface area contributed by atoms with Gasteiger partial charge >= 0.3 is 0 Å². The van der Waals surface area contributed by atoms with E-state index in [2.05, 4.69) is 73.8 Å². The van der Waals surface area contributed by atoms with E-state index in [1.54, 1.807) is 6.26 Å². The van der Waals surface area contributed by atoms with Gasteiger partial charge in [0.15, 0.2) is 13.9 Å². The summed E-state index contributed by atoms with van der Waals surface area (Å²) in [4.78, 5) is 0. The van der Waals surface area contributed by atoms with E-state index in [-0.39, 0.29) is 10.1 Å². The van der Waals surface area contributed by atoms with Crippen LogP contribution in [0, 0.1) is 11.3 Å². The molecule has 1 aromatic rings. The van der Waals surface area contributed by atoms with E-state index in [9.17, 15) is 5.26 Å². The van der Waals surface area contributed by atoms with Crippen molar-refractivity contribution in [2.45, 2.75) is 89.8 Å². The molecule has 0 fully saturated rings. The first-order chi connectivity index (χ1) is 12.6. The molecule has 1 unspecified atom stereocenters. The Morgan fingerprint density at radius 1 is 0.893 bits per heavy atom. The van der Waals surface area contributed by atoms with Crippen LogP contribution in [-0.2, 0) is 15.3 Å². The minimum atomic E-state index is -2.17. The Morgan fingerprint density at radius 2 is 1.39 bits per heavy atom. The smallest absolute Gasteiger partial charge is 0.249 e. The molecule has 0 aromatic heterocycles. The summed E-state index contributed by atoms with van der Waals surface area (Å²) in [5.41, 5.74) is 0.0481. The molecule has 0 aliphatic heterocycles. The highest BCUT2D eigenvalue weighted by molar-refractivity contribution is 6.74. The summed E-state index contributed by atoms with van der Waals surface area (Å²) in [6.07, 6.45) is 4.09. The fourth-order valence-electron chi connectivity index (χ4n) is 2.23. The van der Waals surface area contributed by atoms with Crippen LogP contribution >= 0.6 is 0 Å². The molecule has 156 valence electrons. The predicted octanol–water partition coefficient (Wildman–Crippen LogP) is 7.05. The zero-order valence-electron chi connectivity index (χ0n) is 19.5. The zero-order valence-corrected chi connectivity index (χ0v) is 21.5. The average Bonchev–Trinajstić information content (AvgIpc) is 2.53. The van der Waals surface area contributed by atoms with Gasteiger partial charge in [-0.1, -0.05) is 71.9 Å². The van der Waals surface area contributed by atoms with Gasteiger partial charge < -0.3 is 8.85 Å². The number of hydrogen-bond acceptors (Lipinski definition) is 3. The molecule has 0 spiro atoms. The maximum atomic E-state index is 10.2. The van der Waals surface area contributed by atoms with Gasteiger partial charge in [-0.3, -0.25) is 0 Å². The van der Waals surface area contributed by atoms with Gasteiger partial charge in [-0.25, -0.2) is 0 Å². The summed E-state index contributed by atoms with van der Waals surface area (Å²) in [7, 11) is -4.11. The molecule has 0 aliphatic carbocycles. The van der Waals surface area contributed by atoms with E-state index >= 15 is 0 Å². The highest BCUT2D eigenvalue weighted by Gasteiger charge is 2.45. The van der Waals surface area contributed by atoms with Crippen molar-refractivity contribution in [2.75, 3.05) is 0 Å². The normalized spacial score (nSPS) is 15.9. The van der Waals surface area contributed by atoms with Crippen LogP contribution in [0.15, 0.2) is 42.7 Å². The van der Waals surface area contributed by atoms with E-state index < -0.39 is 22.2 Å². The Balaban J connectivity index is 3.27. The highest BCUT2D eigenvalue weighted by atomic mass is 28.4. The number of nitriles is 1. The summed E-state index contributed by atoms with van der Waals surface area (Å²) in [6, 6.07) is 12.6. The van der Waals surface area contributed by atoms with Gasteiger partial charge in [-0.2, -0.15) is 5.26 Å². The third kappa shape index (κ3) is 6.33. The molecule has 1 aromatic carbocycles. The minimum Gasteiger partial charge on any atom is -0.549 e. The van der Waals surface area contributed by atoms with E-state index in [1.807, 2.05) is 36.4 Å². The third-order valence-electron chi connectivity index (χ3n) is 6.25. The fraction of sp³-hybridized carbons (Fsp3) is 0.609. The fourth-order valence-corrected chi connectivity index (χ4v) is 4.39. The van der Waals surface area contributed by atoms with E-state index in [0.717, 1.165) is 5.56 Å². The number of rotatable bonds is 7. The standard InChI is InChI=1S/C23H39NO2Si2/c1-21(2,3)27(7,8)25-17-16-23(19-24,18-20-14-12-11-13-15-20)26-28(9,10)22(4,5)6/h11-17H,18H2,1-10H3/b17-16+. The first-order valence-electron chi connectivity index (χ1n) is 10.1. The third-order valence-corrected chi connectivity index (χ3v) is 15.1. The van der Waals surface area contributed by atoms with Crippen molar-refractivity contribution < 1.29 is 8.85 Å². The van der Waals surface area contributed by atoms with Gasteiger partial charge in [0.1, 0.15) is 6.07 Å². The van der Waals surface area contributed by atoms with E-state index in [1.165, 1.54) is 0 Å². The Kier molecular flexibility index (Phi) is 7.55. The van der Waals surface area contributed by atoms with Gasteiger partial charge in [-0.15, -0.1) is 0 Å². The van der Waals surface area contributed by atoms with Gasteiger partial charge in [-0.05, 0) is 47.9 Å². The molecular formula is C23H39NO2Si2. The van der Waals surface area contributed by atoms with Crippen molar-refractivity contribution in [3.63, 3.8) is 0 Å². The van der Waals surface area contributed by atoms with Crippen molar-refractivity contribution in [1.82, 2.24) is 0 Å². The van der Waals surface area contributed by atoms with Gasteiger partial charge in [0, 0.05) is 6.42 Å². The molecule has 0 amide bonds. The largest absolute Gasteiger partial charge is 0.549 e. The maximum absolute atomic E-state index is 10.2. The monoisotopic (exact) mass is 417 g/mol. The van der Waals surface area contributed by atoms with Crippen molar-refractivity contribution in [3.05, 3.63) is 48.2 Å². The van der Waals surface area contributed by atoms with Gasteiger partial charge in [0.2, 0.25) is 8.32 Å². The minimum absolute atomic E-state index is 0.0138. The second-order valence-electron chi connectivity index (χ2n) is 10.7. The predicted molar refractivity (Wildman–Crippen MR) is 124 cm³/mol. The Morgan fingerprint density at radius 3 is 1.82 bits per heavy atom. The molecular weight excluding hydrogens is 378 g/mol. The van der Waals surface area contributed by atoms with Crippen molar-refractivity contribution >= 4 is 16.6 Å². The summed E-state index contributed by atoms with van der Waals surface area (Å²) in [6.45, 7) is 22.0. The van der Waals surface area contributed by atoms with E-state index in [4.69, 9.17) is 8.85 Å². The lowest BCUT2D eigenvalue weighted by atomic mass is 9.96. The molecule has 0 bridgehead atoms. The van der Waals surface area contributed by atoms with Crippen LogP contribution in [0.3, 0.4) is 0 Å². The number of nitrogens with zero attached hydrogens (tertiary/aromatic N) is 1. The topological polar surface area (TPSA) is 42.2 Å². The number of benzene rings is 1. The molecule has 5 heteroatoms. The zero-order chi connectivity index (χ0) is 21.9. The van der Waals surface area contributed by atoms with Crippen LogP contribution in [0.2, 0.25) is 36.3 Å². The number of hydrogen-bond donors (Lipinski definition) is 0.